The van der Waals surface area contributed by atoms with Crippen LogP contribution in [0.2, 0.25) is 0 Å². The molecule has 1 aliphatic carbocycles. The normalized spacial score (nSPS) is 23.0. The highest BCUT2D eigenvalue weighted by molar-refractivity contribution is 6.04. The van der Waals surface area contributed by atoms with Gasteiger partial charge in [-0.25, -0.2) is 4.98 Å². The molecule has 1 aromatic carbocycles. The van der Waals surface area contributed by atoms with Crippen LogP contribution >= 0.6 is 0 Å². The fourth-order valence-electron chi connectivity index (χ4n) is 7.20. The predicted octanol–water partition coefficient (Wildman–Crippen LogP) is 3.41. The Labute approximate surface area is 255 Å². The van der Waals surface area contributed by atoms with E-state index < -0.39 is 0 Å². The van der Waals surface area contributed by atoms with E-state index in [1.807, 2.05) is 33.3 Å². The van der Waals surface area contributed by atoms with E-state index in [1.165, 1.54) is 12.8 Å². The quantitative estimate of drug-likeness (QED) is 0.479. The molecular weight excluding hydrogens is 544 g/mol. The van der Waals surface area contributed by atoms with Crippen LogP contribution in [0.4, 0.5) is 23.1 Å². The molecule has 2 aromatic rings. The average Bonchev–Trinajstić information content (AvgIpc) is 3.66. The Hall–Kier alpha value is -3.44. The number of hydrogen-bond acceptors (Lipinski definition) is 9. The van der Waals surface area contributed by atoms with Crippen molar-refractivity contribution in [1.29, 1.82) is 0 Å². The number of hydrogen-bond donors (Lipinski definition) is 2. The van der Waals surface area contributed by atoms with Crippen LogP contribution in [-0.4, -0.2) is 104 Å². The SMILES string of the molecule is CC[C@@H]1C(=O)N(C)c2cnc(Nc3ccc(C(=O)NC4CCN(C)CC4)c4c3OC(CN(C)C)C4)nc2N1C1CCCC1. The van der Waals surface area contributed by atoms with E-state index in [9.17, 15) is 9.59 Å². The molecule has 11 nitrogen and oxygen atoms in total. The summed E-state index contributed by atoms with van der Waals surface area (Å²) in [5.74, 6) is 2.00. The van der Waals surface area contributed by atoms with Gasteiger partial charge in [-0.2, -0.15) is 4.98 Å². The standard InChI is InChI=1S/C32H46N8O3/c1-6-26-31(42)39(5)27-18-33-32(36-29(27)40(26)21-9-7-8-10-21)35-25-12-11-23(24-17-22(19-37(2)3)43-28(24)25)30(41)34-20-13-15-38(4)16-14-20/h11-12,18,20-22,26H,6-10,13-17,19H2,1-5H3,(H,34,41)(H,33,35,36)/t22?,26-/m1/s1. The zero-order chi connectivity index (χ0) is 30.2. The summed E-state index contributed by atoms with van der Waals surface area (Å²) in [4.78, 5) is 44.8. The Kier molecular flexibility index (Phi) is 8.46. The van der Waals surface area contributed by atoms with Crippen molar-refractivity contribution < 1.29 is 14.3 Å². The largest absolute Gasteiger partial charge is 0.486 e. The molecule has 11 heteroatoms. The molecule has 1 saturated heterocycles. The Morgan fingerprint density at radius 2 is 1.86 bits per heavy atom. The Balaban J connectivity index is 1.30. The molecule has 232 valence electrons. The lowest BCUT2D eigenvalue weighted by molar-refractivity contribution is -0.120. The molecule has 0 bridgehead atoms. The molecule has 3 aliphatic heterocycles. The first-order valence-electron chi connectivity index (χ1n) is 15.9. The third kappa shape index (κ3) is 5.89. The molecule has 4 aliphatic rings. The number of aromatic nitrogens is 2. The van der Waals surface area contributed by atoms with Crippen LogP contribution in [0.3, 0.4) is 0 Å². The molecule has 1 unspecified atom stereocenters. The van der Waals surface area contributed by atoms with E-state index in [0.29, 0.717) is 29.7 Å². The second-order valence-corrected chi connectivity index (χ2v) is 12.9. The number of nitrogens with one attached hydrogen (secondary N) is 2. The van der Waals surface area contributed by atoms with Crippen molar-refractivity contribution >= 4 is 35.0 Å². The zero-order valence-electron chi connectivity index (χ0n) is 26.2. The lowest BCUT2D eigenvalue weighted by Gasteiger charge is -2.43. The number of piperidine rings is 1. The third-order valence-electron chi connectivity index (χ3n) is 9.50. The van der Waals surface area contributed by atoms with Crippen LogP contribution in [0.25, 0.3) is 0 Å². The number of benzene rings is 1. The van der Waals surface area contributed by atoms with Gasteiger partial charge in [0.05, 0.1) is 11.9 Å². The van der Waals surface area contributed by atoms with Crippen LogP contribution < -0.4 is 25.2 Å². The number of nitrogens with zero attached hydrogens (tertiary/aromatic N) is 6. The minimum atomic E-state index is -0.231. The summed E-state index contributed by atoms with van der Waals surface area (Å²) >= 11 is 0. The lowest BCUT2D eigenvalue weighted by atomic mass is 9.99. The third-order valence-corrected chi connectivity index (χ3v) is 9.50. The number of likely N-dealkylation sites (tertiary alicyclic amines) is 1. The number of ether oxygens (including phenoxy) is 1. The fraction of sp³-hybridized carbons (Fsp3) is 0.625. The summed E-state index contributed by atoms with van der Waals surface area (Å²) in [5, 5.41) is 6.70. The van der Waals surface area contributed by atoms with Crippen molar-refractivity contribution in [2.75, 3.05) is 62.9 Å². The predicted molar refractivity (Wildman–Crippen MR) is 169 cm³/mol. The van der Waals surface area contributed by atoms with Crippen molar-refractivity contribution in [2.45, 2.75) is 82.5 Å². The molecular formula is C32H46N8O3. The number of fused-ring (bicyclic) bond motifs is 2. The van der Waals surface area contributed by atoms with E-state index in [-0.39, 0.29) is 30.0 Å². The minimum absolute atomic E-state index is 0.0398. The maximum Gasteiger partial charge on any atom is 0.251 e. The van der Waals surface area contributed by atoms with Crippen LogP contribution in [0, 0.1) is 0 Å². The Morgan fingerprint density at radius 3 is 2.56 bits per heavy atom. The van der Waals surface area contributed by atoms with Crippen LogP contribution in [-0.2, 0) is 11.2 Å². The molecule has 2 N–H and O–H groups in total. The molecule has 2 amide bonds. The van der Waals surface area contributed by atoms with Gasteiger partial charge in [-0.3, -0.25) is 9.59 Å². The summed E-state index contributed by atoms with van der Waals surface area (Å²) in [6, 6.07) is 4.05. The number of rotatable bonds is 8. The molecule has 1 saturated carbocycles. The molecule has 0 spiro atoms. The second-order valence-electron chi connectivity index (χ2n) is 12.9. The summed E-state index contributed by atoms with van der Waals surface area (Å²) in [6.07, 6.45) is 9.45. The van der Waals surface area contributed by atoms with Gasteiger partial charge in [-0.15, -0.1) is 0 Å². The van der Waals surface area contributed by atoms with Gasteiger partial charge in [-0.05, 0) is 78.5 Å². The van der Waals surface area contributed by atoms with Crippen molar-refractivity contribution in [2.24, 2.45) is 0 Å². The molecule has 4 heterocycles. The summed E-state index contributed by atoms with van der Waals surface area (Å²) < 4.78 is 6.49. The number of anilines is 4. The maximum atomic E-state index is 13.5. The number of carbonyl (C=O) groups is 2. The first kappa shape index (κ1) is 29.6. The van der Waals surface area contributed by atoms with E-state index in [4.69, 9.17) is 9.72 Å². The van der Waals surface area contributed by atoms with Crippen LogP contribution in [0.15, 0.2) is 18.3 Å². The molecule has 43 heavy (non-hydrogen) atoms. The first-order valence-corrected chi connectivity index (χ1v) is 15.9. The first-order chi connectivity index (χ1) is 20.7. The highest BCUT2D eigenvalue weighted by Crippen LogP contribution is 2.42. The Morgan fingerprint density at radius 1 is 1.12 bits per heavy atom. The minimum Gasteiger partial charge on any atom is -0.486 e. The second kappa shape index (κ2) is 12.3. The van der Waals surface area contributed by atoms with Crippen molar-refractivity contribution in [1.82, 2.24) is 25.1 Å². The highest BCUT2D eigenvalue weighted by atomic mass is 16.5. The highest BCUT2D eigenvalue weighted by Gasteiger charge is 2.41. The van der Waals surface area contributed by atoms with E-state index in [0.717, 1.165) is 74.5 Å². The van der Waals surface area contributed by atoms with Crippen molar-refractivity contribution in [3.05, 3.63) is 29.5 Å². The molecule has 2 fully saturated rings. The lowest BCUT2D eigenvalue weighted by Crippen LogP contribution is -2.55. The van der Waals surface area contributed by atoms with E-state index in [1.54, 1.807) is 11.1 Å². The van der Waals surface area contributed by atoms with Gasteiger partial charge >= 0.3 is 0 Å². The zero-order valence-corrected chi connectivity index (χ0v) is 26.2. The van der Waals surface area contributed by atoms with E-state index in [2.05, 4.69) is 44.3 Å². The number of likely N-dealkylation sites (N-methyl/N-ethyl adjacent to an activating group) is 2. The monoisotopic (exact) mass is 590 g/mol. The summed E-state index contributed by atoms with van der Waals surface area (Å²) in [6.45, 7) is 4.79. The van der Waals surface area contributed by atoms with Gasteiger partial charge < -0.3 is 35.0 Å². The van der Waals surface area contributed by atoms with Gasteiger partial charge in [0.25, 0.3) is 5.91 Å². The molecule has 6 rings (SSSR count). The van der Waals surface area contributed by atoms with Gasteiger partial charge in [0.1, 0.15) is 23.6 Å². The topological polar surface area (TPSA) is 106 Å². The van der Waals surface area contributed by atoms with E-state index >= 15 is 0 Å². The maximum absolute atomic E-state index is 13.5. The summed E-state index contributed by atoms with van der Waals surface area (Å²) in [5.41, 5.74) is 3.07. The Bertz CT molecular complexity index is 1350. The number of carbonyl (C=O) groups excluding carboxylic acids is 2. The molecule has 0 radical (unpaired) electrons. The average molecular weight is 591 g/mol. The van der Waals surface area contributed by atoms with Crippen LogP contribution in [0.1, 0.15) is 67.8 Å². The van der Waals surface area contributed by atoms with Gasteiger partial charge in [0.15, 0.2) is 5.82 Å². The van der Waals surface area contributed by atoms with Crippen molar-refractivity contribution in [3.8, 4) is 5.75 Å². The number of amides is 2. The summed E-state index contributed by atoms with van der Waals surface area (Å²) in [7, 11) is 7.99. The van der Waals surface area contributed by atoms with Gasteiger partial charge in [0.2, 0.25) is 11.9 Å². The van der Waals surface area contributed by atoms with Gasteiger partial charge in [-0.1, -0.05) is 19.8 Å². The van der Waals surface area contributed by atoms with Crippen molar-refractivity contribution in [3.63, 3.8) is 0 Å². The fourth-order valence-corrected chi connectivity index (χ4v) is 7.20. The smallest absolute Gasteiger partial charge is 0.251 e. The van der Waals surface area contributed by atoms with Crippen LogP contribution in [0.5, 0.6) is 5.75 Å². The van der Waals surface area contributed by atoms with Gasteiger partial charge in [0, 0.05) is 43.2 Å². The molecule has 2 atom stereocenters. The molecule has 1 aromatic heterocycles.